The molecule has 6 heteroatoms. The van der Waals surface area contributed by atoms with Crippen molar-refractivity contribution in [2.24, 2.45) is 5.92 Å². The molecule has 2 rings (SSSR count). The van der Waals surface area contributed by atoms with E-state index in [0.717, 1.165) is 19.5 Å². The second kappa shape index (κ2) is 7.87. The molecule has 1 heterocycles. The molecule has 0 radical (unpaired) electrons. The third-order valence-electron chi connectivity index (χ3n) is 3.23. The summed E-state index contributed by atoms with van der Waals surface area (Å²) in [6.07, 6.45) is 1.58. The highest BCUT2D eigenvalue weighted by atomic mass is 35.5. The number of carbonyl (C=O) groups is 2. The maximum atomic E-state index is 11.8. The zero-order valence-electron chi connectivity index (χ0n) is 11.3. The van der Waals surface area contributed by atoms with Crippen LogP contribution in [0, 0.1) is 5.92 Å². The molecule has 20 heavy (non-hydrogen) atoms. The Morgan fingerprint density at radius 2 is 2.05 bits per heavy atom. The molecule has 5 nitrogen and oxygen atoms in total. The van der Waals surface area contributed by atoms with Crippen molar-refractivity contribution in [1.29, 1.82) is 0 Å². The monoisotopic (exact) mass is 298 g/mol. The number of nitrogens with one attached hydrogen (secondary N) is 2. The standard InChI is InChI=1S/C14H18N2O3.ClH/c1-19-14(18)11-2-4-12(5-3-11)16-13(17)8-10-6-7-15-9-10;/h2-5,10,15H,6-9H2,1H3,(H,16,17);1H. The molecular weight excluding hydrogens is 280 g/mol. The van der Waals surface area contributed by atoms with Crippen LogP contribution in [0.25, 0.3) is 0 Å². The van der Waals surface area contributed by atoms with Gasteiger partial charge in [-0.3, -0.25) is 4.79 Å². The van der Waals surface area contributed by atoms with E-state index in [0.29, 0.717) is 23.6 Å². The number of esters is 1. The molecule has 0 aromatic heterocycles. The van der Waals surface area contributed by atoms with Crippen LogP contribution in [0.5, 0.6) is 0 Å². The molecule has 1 aromatic rings. The first-order chi connectivity index (χ1) is 9.19. The van der Waals surface area contributed by atoms with Crippen molar-refractivity contribution in [1.82, 2.24) is 5.32 Å². The zero-order chi connectivity index (χ0) is 13.7. The summed E-state index contributed by atoms with van der Waals surface area (Å²) in [5, 5.41) is 6.07. The van der Waals surface area contributed by atoms with Gasteiger partial charge in [-0.1, -0.05) is 0 Å². The average molecular weight is 299 g/mol. The molecule has 0 spiro atoms. The summed E-state index contributed by atoms with van der Waals surface area (Å²) in [6.45, 7) is 1.90. The van der Waals surface area contributed by atoms with Crippen LogP contribution in [0.3, 0.4) is 0 Å². The fourth-order valence-electron chi connectivity index (χ4n) is 2.17. The molecule has 1 aliphatic heterocycles. The van der Waals surface area contributed by atoms with E-state index in [4.69, 9.17) is 0 Å². The third kappa shape index (κ3) is 4.51. The molecule has 1 fully saturated rings. The lowest BCUT2D eigenvalue weighted by molar-refractivity contribution is -0.116. The van der Waals surface area contributed by atoms with Gasteiger partial charge in [-0.25, -0.2) is 4.79 Å². The Balaban J connectivity index is 0.00000200. The summed E-state index contributed by atoms with van der Waals surface area (Å²) in [6, 6.07) is 6.69. The molecule has 0 aliphatic carbocycles. The molecule has 2 N–H and O–H groups in total. The number of hydrogen-bond donors (Lipinski definition) is 2. The molecule has 1 unspecified atom stereocenters. The van der Waals surface area contributed by atoms with E-state index in [9.17, 15) is 9.59 Å². The van der Waals surface area contributed by atoms with Gasteiger partial charge in [0.05, 0.1) is 12.7 Å². The van der Waals surface area contributed by atoms with Crippen LogP contribution in [0.1, 0.15) is 23.2 Å². The van der Waals surface area contributed by atoms with Crippen LogP contribution in [-0.2, 0) is 9.53 Å². The molecule has 110 valence electrons. The van der Waals surface area contributed by atoms with Crippen molar-refractivity contribution >= 4 is 30.0 Å². The second-order valence-electron chi connectivity index (χ2n) is 4.68. The lowest BCUT2D eigenvalue weighted by Gasteiger charge is -2.09. The predicted molar refractivity (Wildman–Crippen MR) is 79.3 cm³/mol. The fraction of sp³-hybridized carbons (Fsp3) is 0.429. The van der Waals surface area contributed by atoms with Gasteiger partial charge < -0.3 is 15.4 Å². The highest BCUT2D eigenvalue weighted by molar-refractivity contribution is 5.93. The smallest absolute Gasteiger partial charge is 0.337 e. The van der Waals surface area contributed by atoms with Gasteiger partial charge in [0.2, 0.25) is 5.91 Å². The number of methoxy groups -OCH3 is 1. The van der Waals surface area contributed by atoms with Gasteiger partial charge in [0, 0.05) is 12.1 Å². The van der Waals surface area contributed by atoms with Gasteiger partial charge in [-0.2, -0.15) is 0 Å². The maximum absolute atomic E-state index is 11.8. The summed E-state index contributed by atoms with van der Waals surface area (Å²) in [7, 11) is 1.34. The van der Waals surface area contributed by atoms with Crippen molar-refractivity contribution < 1.29 is 14.3 Å². The summed E-state index contributed by atoms with van der Waals surface area (Å²) in [4.78, 5) is 23.1. The largest absolute Gasteiger partial charge is 0.465 e. The topological polar surface area (TPSA) is 67.4 Å². The van der Waals surface area contributed by atoms with Crippen molar-refractivity contribution in [3.05, 3.63) is 29.8 Å². The first-order valence-corrected chi connectivity index (χ1v) is 6.38. The van der Waals surface area contributed by atoms with E-state index in [2.05, 4.69) is 15.4 Å². The second-order valence-corrected chi connectivity index (χ2v) is 4.68. The number of ether oxygens (including phenoxy) is 1. The number of carbonyl (C=O) groups excluding carboxylic acids is 2. The first kappa shape index (κ1) is 16.5. The lowest BCUT2D eigenvalue weighted by atomic mass is 10.0. The average Bonchev–Trinajstić information content (AvgIpc) is 2.91. The van der Waals surface area contributed by atoms with Crippen molar-refractivity contribution in [3.63, 3.8) is 0 Å². The highest BCUT2D eigenvalue weighted by Gasteiger charge is 2.18. The van der Waals surface area contributed by atoms with Gasteiger partial charge in [0.25, 0.3) is 0 Å². The Morgan fingerprint density at radius 1 is 1.35 bits per heavy atom. The van der Waals surface area contributed by atoms with Gasteiger partial charge >= 0.3 is 5.97 Å². The number of rotatable bonds is 4. The SMILES string of the molecule is COC(=O)c1ccc(NC(=O)CC2CCNC2)cc1.Cl. The van der Waals surface area contributed by atoms with Gasteiger partial charge in [0.15, 0.2) is 0 Å². The molecule has 1 atom stereocenters. The van der Waals surface area contributed by atoms with E-state index in [1.807, 2.05) is 0 Å². The predicted octanol–water partition coefficient (Wildman–Crippen LogP) is 1.83. The number of amides is 1. The van der Waals surface area contributed by atoms with Crippen LogP contribution in [0.2, 0.25) is 0 Å². The first-order valence-electron chi connectivity index (χ1n) is 6.38. The van der Waals surface area contributed by atoms with Gasteiger partial charge in [-0.05, 0) is 49.7 Å². The van der Waals surface area contributed by atoms with Crippen LogP contribution in [0.4, 0.5) is 5.69 Å². The number of halogens is 1. The molecule has 1 saturated heterocycles. The Morgan fingerprint density at radius 3 is 2.60 bits per heavy atom. The van der Waals surface area contributed by atoms with Crippen LogP contribution in [-0.4, -0.2) is 32.1 Å². The quantitative estimate of drug-likeness (QED) is 0.832. The normalized spacial score (nSPS) is 17.1. The van der Waals surface area contributed by atoms with E-state index < -0.39 is 0 Å². The minimum absolute atomic E-state index is 0. The Bertz CT molecular complexity index is 456. The molecule has 0 bridgehead atoms. The van der Waals surface area contributed by atoms with E-state index in [1.54, 1.807) is 24.3 Å². The Labute approximate surface area is 124 Å². The summed E-state index contributed by atoms with van der Waals surface area (Å²) < 4.78 is 4.61. The molecule has 0 saturated carbocycles. The Hall–Kier alpha value is -1.59. The molecule has 1 amide bonds. The van der Waals surface area contributed by atoms with Crippen LogP contribution < -0.4 is 10.6 Å². The van der Waals surface area contributed by atoms with Crippen molar-refractivity contribution in [2.45, 2.75) is 12.8 Å². The van der Waals surface area contributed by atoms with E-state index in [1.165, 1.54) is 7.11 Å². The maximum Gasteiger partial charge on any atom is 0.337 e. The third-order valence-corrected chi connectivity index (χ3v) is 3.23. The number of hydrogen-bond acceptors (Lipinski definition) is 4. The fourth-order valence-corrected chi connectivity index (χ4v) is 2.17. The molecule has 1 aliphatic rings. The minimum atomic E-state index is -0.380. The lowest BCUT2D eigenvalue weighted by Crippen LogP contribution is -2.18. The van der Waals surface area contributed by atoms with Crippen LogP contribution >= 0.6 is 12.4 Å². The number of anilines is 1. The minimum Gasteiger partial charge on any atom is -0.465 e. The zero-order valence-corrected chi connectivity index (χ0v) is 12.2. The highest BCUT2D eigenvalue weighted by Crippen LogP contribution is 2.15. The molecular formula is C14H19ClN2O3. The summed E-state index contributed by atoms with van der Waals surface area (Å²) >= 11 is 0. The summed E-state index contributed by atoms with van der Waals surface area (Å²) in [5.41, 5.74) is 1.17. The van der Waals surface area contributed by atoms with E-state index in [-0.39, 0.29) is 24.3 Å². The van der Waals surface area contributed by atoms with Gasteiger partial charge in [0.1, 0.15) is 0 Å². The Kier molecular flexibility index (Phi) is 6.48. The van der Waals surface area contributed by atoms with Crippen LogP contribution in [0.15, 0.2) is 24.3 Å². The number of benzene rings is 1. The summed E-state index contributed by atoms with van der Waals surface area (Å²) in [5.74, 6) is 0.0590. The van der Waals surface area contributed by atoms with Gasteiger partial charge in [-0.15, -0.1) is 12.4 Å². The molecule has 1 aromatic carbocycles. The van der Waals surface area contributed by atoms with E-state index >= 15 is 0 Å². The van der Waals surface area contributed by atoms with Crippen molar-refractivity contribution in [2.75, 3.05) is 25.5 Å². The van der Waals surface area contributed by atoms with Crippen molar-refractivity contribution in [3.8, 4) is 0 Å².